The van der Waals surface area contributed by atoms with Crippen LogP contribution in [0.1, 0.15) is 33.5 Å². The van der Waals surface area contributed by atoms with E-state index < -0.39 is 34.4 Å². The molecule has 3 aromatic rings. The van der Waals surface area contributed by atoms with Crippen LogP contribution in [0.25, 0.3) is 11.0 Å². The molecule has 1 N–H and O–H groups in total. The maximum atomic E-state index is 12.9. The Morgan fingerprint density at radius 3 is 2.38 bits per heavy atom. The molecule has 2 aromatic heterocycles. The van der Waals surface area contributed by atoms with Crippen LogP contribution < -0.4 is 21.3 Å². The van der Waals surface area contributed by atoms with Gasteiger partial charge in [-0.05, 0) is 19.1 Å². The van der Waals surface area contributed by atoms with Gasteiger partial charge in [0.1, 0.15) is 22.0 Å². The van der Waals surface area contributed by atoms with Crippen molar-refractivity contribution in [2.75, 3.05) is 5.32 Å². The van der Waals surface area contributed by atoms with E-state index in [0.717, 1.165) is 16.3 Å². The number of nitrogens with zero attached hydrogens (tertiary/aromatic N) is 4. The fourth-order valence-corrected chi connectivity index (χ4v) is 4.01. The molecule has 0 spiro atoms. The minimum Gasteiger partial charge on any atom is -0.433 e. The molecule has 0 aliphatic carbocycles. The lowest BCUT2D eigenvalue weighted by Gasteiger charge is -2.20. The molecule has 0 aliphatic rings. The van der Waals surface area contributed by atoms with Crippen LogP contribution in [0.15, 0.2) is 38.9 Å². The van der Waals surface area contributed by atoms with E-state index in [1.54, 1.807) is 13.0 Å². The van der Waals surface area contributed by atoms with Crippen LogP contribution in [0, 0.1) is 0 Å². The summed E-state index contributed by atoms with van der Waals surface area (Å²) in [6.07, 6.45) is 0. The second kappa shape index (κ2) is 9.53. The van der Waals surface area contributed by atoms with Crippen LogP contribution in [0.5, 0.6) is 5.75 Å². The lowest BCUT2D eigenvalue weighted by Crippen LogP contribution is -2.38. The largest absolute Gasteiger partial charge is 0.433 e. The van der Waals surface area contributed by atoms with Gasteiger partial charge in [0.15, 0.2) is 5.65 Å². The number of carbonyl (C=O) groups is 1. The summed E-state index contributed by atoms with van der Waals surface area (Å²) >= 11 is 1.01. The maximum Gasteiger partial charge on any atom is 0.387 e. The smallest absolute Gasteiger partial charge is 0.387 e. The number of carbonyl (C=O) groups excluding carboxylic acids is 1. The molecular formula is C22H25F2N5O4S. The number of benzene rings is 1. The Hall–Kier alpha value is -3.28. The molecule has 9 nitrogen and oxygen atoms in total. The standard InChI is InChI=1S/C22H25F2N5O4S/c1-11(16(30)25-12-9-7-8-10-13(12)33-20(23)24)34-17-14-15(26-19(27-17)22(2,3)4)28(5)21(32)29(6)18(14)31/h7-11,20H,1-6H3,(H,25,30). The molecule has 0 fully saturated rings. The predicted octanol–water partition coefficient (Wildman–Crippen LogP) is 3.05. The van der Waals surface area contributed by atoms with Gasteiger partial charge in [-0.1, -0.05) is 44.7 Å². The SMILES string of the molecule is CC(Sc1nc(C(C)(C)C)nc2c1c(=O)n(C)c(=O)n2C)C(=O)Nc1ccccc1OC(F)F. The molecule has 34 heavy (non-hydrogen) atoms. The van der Waals surface area contributed by atoms with E-state index in [1.165, 1.54) is 36.9 Å². The van der Waals surface area contributed by atoms with E-state index in [0.29, 0.717) is 5.82 Å². The summed E-state index contributed by atoms with van der Waals surface area (Å²) in [7, 11) is 2.86. The normalized spacial score (nSPS) is 12.7. The summed E-state index contributed by atoms with van der Waals surface area (Å²) in [6.45, 7) is 4.21. The third kappa shape index (κ3) is 5.11. The number of thioether (sulfide) groups is 1. The van der Waals surface area contributed by atoms with E-state index in [-0.39, 0.29) is 27.5 Å². The number of halogens is 2. The summed E-state index contributed by atoms with van der Waals surface area (Å²) in [5.74, 6) is -0.288. The fraction of sp³-hybridized carbons (Fsp3) is 0.409. The Bertz CT molecular complexity index is 1360. The van der Waals surface area contributed by atoms with Crippen LogP contribution in [-0.4, -0.2) is 36.9 Å². The Kier molecular flexibility index (Phi) is 7.10. The lowest BCUT2D eigenvalue weighted by atomic mass is 9.96. The summed E-state index contributed by atoms with van der Waals surface area (Å²) in [4.78, 5) is 47.3. The van der Waals surface area contributed by atoms with E-state index in [9.17, 15) is 23.2 Å². The minimum atomic E-state index is -3.05. The van der Waals surface area contributed by atoms with Gasteiger partial charge in [0.05, 0.1) is 10.9 Å². The molecule has 1 unspecified atom stereocenters. The minimum absolute atomic E-state index is 0.0847. The van der Waals surface area contributed by atoms with Crippen molar-refractivity contribution < 1.29 is 18.3 Å². The van der Waals surface area contributed by atoms with Gasteiger partial charge in [0.25, 0.3) is 5.56 Å². The molecule has 12 heteroatoms. The number of anilines is 1. The zero-order valence-corrected chi connectivity index (χ0v) is 20.4. The number of hydrogen-bond acceptors (Lipinski definition) is 7. The number of alkyl halides is 2. The monoisotopic (exact) mass is 493 g/mol. The number of nitrogens with one attached hydrogen (secondary N) is 1. The van der Waals surface area contributed by atoms with Gasteiger partial charge in [-0.2, -0.15) is 8.78 Å². The molecule has 0 saturated carbocycles. The third-order valence-electron chi connectivity index (χ3n) is 4.96. The molecule has 2 heterocycles. The number of fused-ring (bicyclic) bond motifs is 1. The number of rotatable bonds is 6. The maximum absolute atomic E-state index is 12.9. The molecule has 0 aliphatic heterocycles. The van der Waals surface area contributed by atoms with Crippen molar-refractivity contribution in [2.45, 2.75) is 50.0 Å². The second-order valence-electron chi connectivity index (χ2n) is 8.63. The van der Waals surface area contributed by atoms with Crippen LogP contribution in [0.3, 0.4) is 0 Å². The summed E-state index contributed by atoms with van der Waals surface area (Å²) in [6, 6.07) is 5.84. The Morgan fingerprint density at radius 1 is 1.12 bits per heavy atom. The zero-order chi connectivity index (χ0) is 25.4. The van der Waals surface area contributed by atoms with E-state index in [2.05, 4.69) is 20.0 Å². The van der Waals surface area contributed by atoms with E-state index in [1.807, 2.05) is 20.8 Å². The quantitative estimate of drug-likeness (QED) is 0.415. The predicted molar refractivity (Wildman–Crippen MR) is 126 cm³/mol. The number of aryl methyl sites for hydroxylation is 1. The molecule has 1 amide bonds. The van der Waals surface area contributed by atoms with Gasteiger partial charge in [0.2, 0.25) is 5.91 Å². The number of ether oxygens (including phenoxy) is 1. The van der Waals surface area contributed by atoms with Crippen molar-refractivity contribution in [3.05, 3.63) is 50.9 Å². The first-order chi connectivity index (χ1) is 15.8. The van der Waals surface area contributed by atoms with Crippen molar-refractivity contribution in [2.24, 2.45) is 14.1 Å². The van der Waals surface area contributed by atoms with Crippen molar-refractivity contribution in [1.82, 2.24) is 19.1 Å². The van der Waals surface area contributed by atoms with Crippen LogP contribution in [0.2, 0.25) is 0 Å². The molecule has 1 aromatic carbocycles. The van der Waals surface area contributed by atoms with Crippen LogP contribution in [-0.2, 0) is 24.3 Å². The number of para-hydroxylation sites is 2. The molecule has 182 valence electrons. The Morgan fingerprint density at radius 2 is 1.76 bits per heavy atom. The number of amides is 1. The molecular weight excluding hydrogens is 468 g/mol. The van der Waals surface area contributed by atoms with Gasteiger partial charge in [-0.25, -0.2) is 14.8 Å². The third-order valence-corrected chi connectivity index (χ3v) is 6.04. The highest BCUT2D eigenvalue weighted by atomic mass is 32.2. The summed E-state index contributed by atoms with van der Waals surface area (Å²) in [5.41, 5.74) is -1.37. The van der Waals surface area contributed by atoms with Crippen LogP contribution in [0.4, 0.5) is 14.5 Å². The average Bonchev–Trinajstić information content (AvgIpc) is 2.76. The second-order valence-corrected chi connectivity index (χ2v) is 9.96. The van der Waals surface area contributed by atoms with Gasteiger partial charge < -0.3 is 10.1 Å². The van der Waals surface area contributed by atoms with Crippen molar-refractivity contribution in [1.29, 1.82) is 0 Å². The lowest BCUT2D eigenvalue weighted by molar-refractivity contribution is -0.115. The summed E-state index contributed by atoms with van der Waals surface area (Å²) in [5, 5.41) is 2.15. The van der Waals surface area contributed by atoms with Crippen molar-refractivity contribution >= 4 is 34.4 Å². The molecule has 1 atom stereocenters. The number of hydrogen-bond donors (Lipinski definition) is 1. The first-order valence-corrected chi connectivity index (χ1v) is 11.2. The molecule has 0 bridgehead atoms. The van der Waals surface area contributed by atoms with Crippen molar-refractivity contribution in [3.63, 3.8) is 0 Å². The highest BCUT2D eigenvalue weighted by Gasteiger charge is 2.26. The average molecular weight is 494 g/mol. The zero-order valence-electron chi connectivity index (χ0n) is 19.6. The van der Waals surface area contributed by atoms with Crippen LogP contribution >= 0.6 is 11.8 Å². The van der Waals surface area contributed by atoms with Crippen molar-refractivity contribution in [3.8, 4) is 5.75 Å². The topological polar surface area (TPSA) is 108 Å². The molecule has 0 radical (unpaired) electrons. The van der Waals surface area contributed by atoms with Gasteiger partial charge in [0, 0.05) is 19.5 Å². The first-order valence-electron chi connectivity index (χ1n) is 10.3. The number of aromatic nitrogens is 4. The van der Waals surface area contributed by atoms with Gasteiger partial charge in [-0.15, -0.1) is 0 Å². The Balaban J connectivity index is 2.03. The molecule has 3 rings (SSSR count). The Labute approximate surface area is 198 Å². The van der Waals surface area contributed by atoms with E-state index >= 15 is 0 Å². The fourth-order valence-electron chi connectivity index (χ4n) is 3.07. The van der Waals surface area contributed by atoms with Gasteiger partial charge >= 0.3 is 12.3 Å². The highest BCUT2D eigenvalue weighted by molar-refractivity contribution is 8.00. The van der Waals surface area contributed by atoms with E-state index in [4.69, 9.17) is 0 Å². The highest BCUT2D eigenvalue weighted by Crippen LogP contribution is 2.31. The first kappa shape index (κ1) is 25.3. The molecule has 0 saturated heterocycles. The summed E-state index contributed by atoms with van der Waals surface area (Å²) < 4.78 is 32.1. The van der Waals surface area contributed by atoms with Gasteiger partial charge in [-0.3, -0.25) is 18.7 Å².